The molecule has 0 spiro atoms. The first-order chi connectivity index (χ1) is 11.6. The number of hydrogen-bond donors (Lipinski definition) is 4. The summed E-state index contributed by atoms with van der Waals surface area (Å²) in [6.07, 6.45) is 6.48. The van der Waals surface area contributed by atoms with E-state index in [4.69, 9.17) is 15.6 Å². The van der Waals surface area contributed by atoms with Gasteiger partial charge in [0.25, 0.3) is 0 Å². The quantitative estimate of drug-likeness (QED) is 0.641. The van der Waals surface area contributed by atoms with Crippen LogP contribution in [0.25, 0.3) is 0 Å². The molecule has 1 saturated heterocycles. The van der Waals surface area contributed by atoms with E-state index >= 15 is 0 Å². The van der Waals surface area contributed by atoms with E-state index in [-0.39, 0.29) is 12.0 Å². The predicted octanol–water partition coefficient (Wildman–Crippen LogP) is 1.70. The number of anilines is 3. The van der Waals surface area contributed by atoms with Gasteiger partial charge in [-0.15, -0.1) is 0 Å². The molecular weight excluding hydrogens is 310 g/mol. The van der Waals surface area contributed by atoms with Gasteiger partial charge in [-0.05, 0) is 38.5 Å². The third kappa shape index (κ3) is 4.25. The fourth-order valence-electron chi connectivity index (χ4n) is 3.28. The van der Waals surface area contributed by atoms with Crippen molar-refractivity contribution in [3.8, 4) is 0 Å². The van der Waals surface area contributed by atoms with Crippen molar-refractivity contribution in [1.82, 2.24) is 9.97 Å². The molecule has 1 aliphatic heterocycles. The van der Waals surface area contributed by atoms with Crippen LogP contribution in [-0.4, -0.2) is 46.3 Å². The van der Waals surface area contributed by atoms with Gasteiger partial charge < -0.3 is 26.2 Å². The molecule has 5 N–H and O–H groups in total. The molecule has 3 rings (SSSR count). The molecule has 0 radical (unpaired) electrons. The van der Waals surface area contributed by atoms with Crippen molar-refractivity contribution in [2.24, 2.45) is 5.92 Å². The molecule has 8 nitrogen and oxygen atoms in total. The van der Waals surface area contributed by atoms with Crippen molar-refractivity contribution in [3.05, 3.63) is 6.20 Å². The summed E-state index contributed by atoms with van der Waals surface area (Å²) in [6.45, 7) is 1.51. The van der Waals surface area contributed by atoms with E-state index in [9.17, 15) is 4.79 Å². The van der Waals surface area contributed by atoms with Gasteiger partial charge >= 0.3 is 5.97 Å². The van der Waals surface area contributed by atoms with Crippen LogP contribution in [0.2, 0.25) is 0 Å². The van der Waals surface area contributed by atoms with Gasteiger partial charge in [-0.25, -0.2) is 4.98 Å². The predicted molar refractivity (Wildman–Crippen MR) is 90.9 cm³/mol. The van der Waals surface area contributed by atoms with E-state index in [2.05, 4.69) is 20.6 Å². The van der Waals surface area contributed by atoms with Crippen LogP contribution in [0.4, 0.5) is 17.5 Å². The Morgan fingerprint density at radius 3 is 2.46 bits per heavy atom. The van der Waals surface area contributed by atoms with Gasteiger partial charge in [-0.2, -0.15) is 4.98 Å². The molecule has 132 valence electrons. The lowest BCUT2D eigenvalue weighted by molar-refractivity contribution is -0.142. The molecule has 0 unspecified atom stereocenters. The molecule has 8 heteroatoms. The number of hydrogen-bond acceptors (Lipinski definition) is 7. The van der Waals surface area contributed by atoms with Gasteiger partial charge in [0.15, 0.2) is 5.82 Å². The van der Waals surface area contributed by atoms with E-state index in [0.29, 0.717) is 36.3 Å². The van der Waals surface area contributed by atoms with E-state index in [1.807, 2.05) is 0 Å². The number of carbonyl (C=O) groups is 1. The number of aromatic nitrogens is 2. The minimum Gasteiger partial charge on any atom is -0.481 e. The van der Waals surface area contributed by atoms with E-state index in [1.54, 1.807) is 6.20 Å². The molecule has 24 heavy (non-hydrogen) atoms. The average molecular weight is 335 g/mol. The number of nitrogen functional groups attached to an aromatic ring is 1. The number of nitrogens with one attached hydrogen (secondary N) is 2. The van der Waals surface area contributed by atoms with Crippen LogP contribution in [-0.2, 0) is 9.53 Å². The summed E-state index contributed by atoms with van der Waals surface area (Å²) in [5.74, 6) is 0.269. The number of carboxylic acid groups (broad SMARTS) is 1. The molecular formula is C16H25N5O3. The van der Waals surface area contributed by atoms with E-state index < -0.39 is 5.97 Å². The van der Waals surface area contributed by atoms with Crippen LogP contribution in [0.1, 0.15) is 38.5 Å². The molecule has 1 saturated carbocycles. The molecule has 1 aromatic heterocycles. The Morgan fingerprint density at radius 1 is 1.12 bits per heavy atom. The van der Waals surface area contributed by atoms with Gasteiger partial charge in [-0.3, -0.25) is 4.79 Å². The highest BCUT2D eigenvalue weighted by Crippen LogP contribution is 2.28. The molecule has 2 fully saturated rings. The Labute approximate surface area is 141 Å². The SMILES string of the molecule is Nc1cnc(NC2CCOCC2)nc1NC1CCC(C(=O)O)CC1. The number of nitrogens with two attached hydrogens (primary N) is 1. The maximum absolute atomic E-state index is 11.0. The first-order valence-electron chi connectivity index (χ1n) is 8.58. The van der Waals surface area contributed by atoms with E-state index in [0.717, 1.165) is 38.9 Å². The molecule has 2 aliphatic rings. The molecule has 0 atom stereocenters. The Hall–Kier alpha value is -2.09. The Kier molecular flexibility index (Phi) is 5.34. The highest BCUT2D eigenvalue weighted by atomic mass is 16.5. The maximum Gasteiger partial charge on any atom is 0.306 e. The summed E-state index contributed by atoms with van der Waals surface area (Å²) >= 11 is 0. The zero-order valence-corrected chi connectivity index (χ0v) is 13.7. The summed E-state index contributed by atoms with van der Waals surface area (Å²) in [7, 11) is 0. The third-order valence-electron chi connectivity index (χ3n) is 4.79. The van der Waals surface area contributed by atoms with Crippen molar-refractivity contribution >= 4 is 23.4 Å². The number of ether oxygens (including phenoxy) is 1. The first kappa shape index (κ1) is 16.8. The van der Waals surface area contributed by atoms with Gasteiger partial charge in [-0.1, -0.05) is 0 Å². The summed E-state index contributed by atoms with van der Waals surface area (Å²) < 4.78 is 5.35. The number of nitrogens with zero attached hydrogens (tertiary/aromatic N) is 2. The van der Waals surface area contributed by atoms with Gasteiger partial charge in [0.05, 0.1) is 17.8 Å². The third-order valence-corrected chi connectivity index (χ3v) is 4.79. The van der Waals surface area contributed by atoms with Gasteiger partial charge in [0.2, 0.25) is 5.95 Å². The largest absolute Gasteiger partial charge is 0.481 e. The summed E-state index contributed by atoms with van der Waals surface area (Å²) in [4.78, 5) is 19.8. The lowest BCUT2D eigenvalue weighted by Gasteiger charge is -2.28. The monoisotopic (exact) mass is 335 g/mol. The maximum atomic E-state index is 11.0. The van der Waals surface area contributed by atoms with Crippen LogP contribution in [0.3, 0.4) is 0 Å². The Morgan fingerprint density at radius 2 is 1.79 bits per heavy atom. The lowest BCUT2D eigenvalue weighted by Crippen LogP contribution is -2.31. The molecule has 1 aromatic rings. The van der Waals surface area contributed by atoms with Gasteiger partial charge in [0, 0.05) is 25.3 Å². The second-order valence-electron chi connectivity index (χ2n) is 6.56. The van der Waals surface area contributed by atoms with Crippen LogP contribution in [0.15, 0.2) is 6.20 Å². The molecule has 1 aliphatic carbocycles. The molecule has 0 bridgehead atoms. The van der Waals surface area contributed by atoms with Crippen molar-refractivity contribution in [3.63, 3.8) is 0 Å². The van der Waals surface area contributed by atoms with Crippen LogP contribution in [0.5, 0.6) is 0 Å². The lowest BCUT2D eigenvalue weighted by atomic mass is 9.86. The average Bonchev–Trinajstić information content (AvgIpc) is 2.59. The van der Waals surface area contributed by atoms with Gasteiger partial charge in [0.1, 0.15) is 0 Å². The zero-order chi connectivity index (χ0) is 16.9. The summed E-state index contributed by atoms with van der Waals surface area (Å²) in [6, 6.07) is 0.523. The topological polar surface area (TPSA) is 122 Å². The normalized spacial score (nSPS) is 25.2. The van der Waals surface area contributed by atoms with Crippen molar-refractivity contribution in [1.29, 1.82) is 0 Å². The fourth-order valence-corrected chi connectivity index (χ4v) is 3.28. The smallest absolute Gasteiger partial charge is 0.306 e. The summed E-state index contributed by atoms with van der Waals surface area (Å²) in [5.41, 5.74) is 6.49. The van der Waals surface area contributed by atoms with E-state index in [1.165, 1.54) is 0 Å². The Bertz CT molecular complexity index is 569. The highest BCUT2D eigenvalue weighted by Gasteiger charge is 2.26. The Balaban J connectivity index is 1.58. The zero-order valence-electron chi connectivity index (χ0n) is 13.7. The van der Waals surface area contributed by atoms with Crippen molar-refractivity contribution < 1.29 is 14.6 Å². The number of aliphatic carboxylic acids is 1. The minimum atomic E-state index is -0.696. The second-order valence-corrected chi connectivity index (χ2v) is 6.56. The second kappa shape index (κ2) is 7.65. The van der Waals surface area contributed by atoms with Crippen LogP contribution in [0, 0.1) is 5.92 Å². The summed E-state index contributed by atoms with van der Waals surface area (Å²) in [5, 5.41) is 15.8. The fraction of sp³-hybridized carbons (Fsp3) is 0.688. The molecule has 2 heterocycles. The van der Waals surface area contributed by atoms with Crippen LogP contribution < -0.4 is 16.4 Å². The number of rotatable bonds is 5. The van der Waals surface area contributed by atoms with Crippen LogP contribution >= 0.6 is 0 Å². The molecule has 0 amide bonds. The molecule has 0 aromatic carbocycles. The van der Waals surface area contributed by atoms with Crippen molar-refractivity contribution in [2.75, 3.05) is 29.6 Å². The number of carboxylic acids is 1. The standard InChI is InChI=1S/C16H25N5O3/c17-13-9-18-16(20-12-5-7-24-8-6-12)21-14(13)19-11-3-1-10(2-4-11)15(22)23/h9-12H,1-8,17H2,(H,22,23)(H2,18,19,20,21). The van der Waals surface area contributed by atoms with Crippen molar-refractivity contribution in [2.45, 2.75) is 50.6 Å². The highest BCUT2D eigenvalue weighted by molar-refractivity contribution is 5.70. The first-order valence-corrected chi connectivity index (χ1v) is 8.58. The minimum absolute atomic E-state index is 0.203.